The fourth-order valence-electron chi connectivity index (χ4n) is 10.7. The van der Waals surface area contributed by atoms with Crippen LogP contribution in [0, 0.1) is 0 Å². The molecule has 5 heteroatoms. The molecular weight excluding hydrogens is 787 g/mol. The first-order chi connectivity index (χ1) is 32.2. The monoisotopic (exact) mass is 824 g/mol. The summed E-state index contributed by atoms with van der Waals surface area (Å²) in [6.07, 6.45) is 0. The average Bonchev–Trinajstić information content (AvgIpc) is 3.36. The van der Waals surface area contributed by atoms with Crippen molar-refractivity contribution in [2.24, 2.45) is 0 Å². The van der Waals surface area contributed by atoms with Crippen LogP contribution in [0.1, 0.15) is 0 Å². The van der Waals surface area contributed by atoms with Crippen molar-refractivity contribution in [2.45, 2.75) is 0 Å². The number of para-hydroxylation sites is 3. The third-order valence-corrected chi connectivity index (χ3v) is 13.6. The smallest absolute Gasteiger partial charge is 0.252 e. The molecule has 65 heavy (non-hydrogen) atoms. The quantitative estimate of drug-likeness (QED) is 0.131. The molecule has 2 aliphatic heterocycles. The second kappa shape index (κ2) is 14.0. The minimum Gasteiger partial charge on any atom is -0.311 e. The van der Waals surface area contributed by atoms with Crippen LogP contribution in [0.15, 0.2) is 224 Å². The van der Waals surface area contributed by atoms with Crippen molar-refractivity contribution in [3.05, 3.63) is 224 Å². The van der Waals surface area contributed by atoms with Gasteiger partial charge in [-0.05, 0) is 138 Å². The minimum atomic E-state index is -0.0762. The van der Waals surface area contributed by atoms with Crippen molar-refractivity contribution in [3.63, 3.8) is 0 Å². The number of rotatable bonds is 4. The van der Waals surface area contributed by atoms with Gasteiger partial charge in [0.15, 0.2) is 5.82 Å². The lowest BCUT2D eigenvalue weighted by molar-refractivity contribution is 1.22. The molecule has 1 aromatic heterocycles. The molecule has 0 bridgehead atoms. The molecule has 0 unspecified atom stereocenters. The lowest BCUT2D eigenvalue weighted by Crippen LogP contribution is -2.61. The molecule has 12 aromatic rings. The first-order valence-corrected chi connectivity index (χ1v) is 22.3. The van der Waals surface area contributed by atoms with E-state index in [-0.39, 0.29) is 6.71 Å². The molecule has 14 rings (SSSR count). The van der Waals surface area contributed by atoms with Crippen molar-refractivity contribution in [1.82, 2.24) is 9.97 Å². The Bertz CT molecular complexity index is 3720. The van der Waals surface area contributed by atoms with E-state index < -0.39 is 0 Å². The largest absolute Gasteiger partial charge is 0.311 e. The van der Waals surface area contributed by atoms with Crippen molar-refractivity contribution in [3.8, 4) is 22.6 Å². The van der Waals surface area contributed by atoms with Gasteiger partial charge in [-0.15, -0.1) is 0 Å². The average molecular weight is 825 g/mol. The van der Waals surface area contributed by atoms with E-state index in [0.29, 0.717) is 5.82 Å². The molecule has 0 saturated heterocycles. The predicted molar refractivity (Wildman–Crippen MR) is 274 cm³/mol. The highest BCUT2D eigenvalue weighted by Gasteiger charge is 2.44. The molecule has 0 aliphatic carbocycles. The Labute approximate surface area is 376 Å². The van der Waals surface area contributed by atoms with Crippen LogP contribution >= 0.6 is 0 Å². The SMILES string of the molecule is c1ccc(-c2nc(-c3cc4c5c(c3)N(c3ccccc3)c3cc6cc7ccccc7cc6cc3B5c3cc5cc6ccccc6cc5cc3N4c3ccccc3)c3ccccc3n2)cc1. The summed E-state index contributed by atoms with van der Waals surface area (Å²) in [5.74, 6) is 0.705. The molecule has 11 aromatic carbocycles. The predicted octanol–water partition coefficient (Wildman–Crippen LogP) is 13.7. The van der Waals surface area contributed by atoms with Gasteiger partial charge in [-0.25, -0.2) is 9.97 Å². The summed E-state index contributed by atoms with van der Waals surface area (Å²) in [4.78, 5) is 15.6. The van der Waals surface area contributed by atoms with Gasteiger partial charge in [0, 0.05) is 50.6 Å². The maximum Gasteiger partial charge on any atom is 0.252 e. The van der Waals surface area contributed by atoms with Gasteiger partial charge in [-0.3, -0.25) is 0 Å². The second-order valence-electron chi connectivity index (χ2n) is 17.4. The van der Waals surface area contributed by atoms with Gasteiger partial charge in [-0.2, -0.15) is 0 Å². The topological polar surface area (TPSA) is 32.3 Å². The Morgan fingerprint density at radius 3 is 1.26 bits per heavy atom. The van der Waals surface area contributed by atoms with Gasteiger partial charge in [0.2, 0.25) is 0 Å². The number of hydrogen-bond donors (Lipinski definition) is 0. The van der Waals surface area contributed by atoms with Crippen LogP contribution in [0.4, 0.5) is 34.1 Å². The zero-order chi connectivity index (χ0) is 42.6. The second-order valence-corrected chi connectivity index (χ2v) is 17.4. The third-order valence-electron chi connectivity index (χ3n) is 13.6. The highest BCUT2D eigenvalue weighted by molar-refractivity contribution is 7.00. The number of anilines is 6. The first kappa shape index (κ1) is 36.0. The molecule has 0 N–H and O–H groups in total. The van der Waals surface area contributed by atoms with Crippen molar-refractivity contribution in [2.75, 3.05) is 9.80 Å². The summed E-state index contributed by atoms with van der Waals surface area (Å²) in [5.41, 5.74) is 14.5. The third kappa shape index (κ3) is 5.59. The van der Waals surface area contributed by atoms with Crippen LogP contribution < -0.4 is 26.2 Å². The Morgan fingerprint density at radius 1 is 0.323 bits per heavy atom. The molecule has 0 fully saturated rings. The van der Waals surface area contributed by atoms with Gasteiger partial charge in [0.1, 0.15) is 0 Å². The number of fused-ring (bicyclic) bond motifs is 9. The van der Waals surface area contributed by atoms with Crippen LogP contribution in [0.5, 0.6) is 0 Å². The van der Waals surface area contributed by atoms with E-state index in [4.69, 9.17) is 9.97 Å². The molecule has 4 nitrogen and oxygen atoms in total. The molecule has 0 spiro atoms. The Kier molecular flexibility index (Phi) is 7.75. The Hall–Kier alpha value is -8.54. The van der Waals surface area contributed by atoms with Gasteiger partial charge in [0.05, 0.1) is 11.2 Å². The summed E-state index contributed by atoms with van der Waals surface area (Å²) in [5, 5.41) is 10.9. The molecule has 0 radical (unpaired) electrons. The molecular formula is C60H37BN4. The molecule has 0 saturated carbocycles. The maximum absolute atomic E-state index is 5.48. The lowest BCUT2D eigenvalue weighted by atomic mass is 9.33. The summed E-state index contributed by atoms with van der Waals surface area (Å²) in [6.45, 7) is -0.0762. The number of nitrogens with zero attached hydrogens (tertiary/aromatic N) is 4. The van der Waals surface area contributed by atoms with Gasteiger partial charge >= 0.3 is 0 Å². The normalized spacial score (nSPS) is 12.8. The molecule has 2 aliphatic rings. The van der Waals surface area contributed by atoms with E-state index in [1.165, 1.54) is 70.9 Å². The van der Waals surface area contributed by atoms with Gasteiger partial charge < -0.3 is 9.80 Å². The summed E-state index contributed by atoms with van der Waals surface area (Å²) in [6, 6.07) is 82.1. The highest BCUT2D eigenvalue weighted by Crippen LogP contribution is 2.48. The minimum absolute atomic E-state index is 0.0762. The first-order valence-electron chi connectivity index (χ1n) is 22.3. The Balaban J connectivity index is 1.14. The summed E-state index contributed by atoms with van der Waals surface area (Å²) < 4.78 is 0. The van der Waals surface area contributed by atoms with Crippen LogP contribution in [-0.4, -0.2) is 16.7 Å². The van der Waals surface area contributed by atoms with Crippen LogP contribution in [0.3, 0.4) is 0 Å². The van der Waals surface area contributed by atoms with Crippen LogP contribution in [0.2, 0.25) is 0 Å². The van der Waals surface area contributed by atoms with Crippen molar-refractivity contribution in [1.29, 1.82) is 0 Å². The Morgan fingerprint density at radius 2 is 0.754 bits per heavy atom. The number of hydrogen-bond acceptors (Lipinski definition) is 4. The zero-order valence-electron chi connectivity index (χ0n) is 35.2. The van der Waals surface area contributed by atoms with E-state index >= 15 is 0 Å². The highest BCUT2D eigenvalue weighted by atomic mass is 15.2. The van der Waals surface area contributed by atoms with Gasteiger partial charge in [0.25, 0.3) is 6.71 Å². The fraction of sp³-hybridized carbons (Fsp3) is 0. The molecule has 0 atom stereocenters. The van der Waals surface area contributed by atoms with E-state index in [1.807, 2.05) is 6.07 Å². The summed E-state index contributed by atoms with van der Waals surface area (Å²) >= 11 is 0. The maximum atomic E-state index is 5.48. The lowest BCUT2D eigenvalue weighted by Gasteiger charge is -2.44. The van der Waals surface area contributed by atoms with Crippen LogP contribution in [0.25, 0.3) is 76.6 Å². The van der Waals surface area contributed by atoms with Crippen molar-refractivity contribution >= 4 is 111 Å². The van der Waals surface area contributed by atoms with E-state index in [1.54, 1.807) is 0 Å². The number of aromatic nitrogens is 2. The van der Waals surface area contributed by atoms with E-state index in [0.717, 1.165) is 50.5 Å². The van der Waals surface area contributed by atoms with E-state index in [2.05, 4.69) is 228 Å². The molecule has 300 valence electrons. The molecule has 3 heterocycles. The van der Waals surface area contributed by atoms with E-state index in [9.17, 15) is 0 Å². The zero-order valence-corrected chi connectivity index (χ0v) is 35.2. The molecule has 0 amide bonds. The number of benzene rings is 11. The standard InChI is InChI=1S/C60H37BN4/c1-4-16-38(17-5-1)60-62-53-27-15-14-26-50(53)59(63-60)47-36-56-58-57(37-47)65(49-24-8-3-9-25-49)55-35-46-31-42-21-13-11-19-40(42)29-44(46)33-52(55)61(58)51-32-43-28-39-18-10-12-20-41(39)30-45(43)34-54(51)64(56)48-22-6-2-7-23-48/h1-37H. The fourth-order valence-corrected chi connectivity index (χ4v) is 10.7. The summed E-state index contributed by atoms with van der Waals surface area (Å²) in [7, 11) is 0. The van der Waals surface area contributed by atoms with Gasteiger partial charge in [-0.1, -0.05) is 146 Å². The van der Waals surface area contributed by atoms with Crippen LogP contribution in [-0.2, 0) is 0 Å². The van der Waals surface area contributed by atoms with Crippen molar-refractivity contribution < 1.29 is 0 Å².